The van der Waals surface area contributed by atoms with E-state index in [-0.39, 0.29) is 11.5 Å². The molecule has 2 aromatic rings. The molecule has 0 radical (unpaired) electrons. The van der Waals surface area contributed by atoms with Crippen molar-refractivity contribution in [3.8, 4) is 0 Å². The minimum Gasteiger partial charge on any atom is -0.481 e. The molecule has 0 spiro atoms. The fraction of sp³-hybridized carbons (Fsp3) is 0.217. The van der Waals surface area contributed by atoms with Crippen LogP contribution in [0.1, 0.15) is 27.6 Å². The summed E-state index contributed by atoms with van der Waals surface area (Å²) in [4.78, 5) is 49.0. The van der Waals surface area contributed by atoms with Gasteiger partial charge in [-0.2, -0.15) is 0 Å². The zero-order chi connectivity index (χ0) is 23.8. The number of carbonyl (C=O) groups excluding carboxylic acids is 3. The minimum atomic E-state index is -1.14. The van der Waals surface area contributed by atoms with Gasteiger partial charge >= 0.3 is 5.97 Å². The molecule has 9 nitrogen and oxygen atoms in total. The Hall–Kier alpha value is -3.69. The zero-order valence-corrected chi connectivity index (χ0v) is 18.1. The van der Waals surface area contributed by atoms with Crippen molar-refractivity contribution in [3.05, 3.63) is 76.8 Å². The summed E-state index contributed by atoms with van der Waals surface area (Å²) in [6.45, 7) is 1.63. The van der Waals surface area contributed by atoms with E-state index in [1.165, 1.54) is 12.1 Å². The van der Waals surface area contributed by atoms with Crippen molar-refractivity contribution >= 4 is 41.0 Å². The smallest absolute Gasteiger partial charge is 0.310 e. The zero-order valence-electron chi connectivity index (χ0n) is 17.4. The number of hydrogen-bond donors (Lipinski definition) is 4. The van der Waals surface area contributed by atoms with Gasteiger partial charge in [-0.1, -0.05) is 23.8 Å². The number of carbonyl (C=O) groups is 4. The molecule has 1 fully saturated rings. The Balaban J connectivity index is 1.35. The van der Waals surface area contributed by atoms with Crippen molar-refractivity contribution in [2.45, 2.75) is 18.6 Å². The molecule has 2 aliphatic heterocycles. The highest BCUT2D eigenvalue weighted by Gasteiger charge is 2.59. The van der Waals surface area contributed by atoms with Crippen LogP contribution in [0.15, 0.2) is 60.7 Å². The van der Waals surface area contributed by atoms with Crippen LogP contribution in [0.25, 0.3) is 0 Å². The van der Waals surface area contributed by atoms with Gasteiger partial charge < -0.3 is 15.2 Å². The van der Waals surface area contributed by atoms with Gasteiger partial charge in [-0.25, -0.2) is 0 Å². The number of ether oxygens (including phenoxy) is 1. The second kappa shape index (κ2) is 8.68. The summed E-state index contributed by atoms with van der Waals surface area (Å²) in [5.41, 5.74) is 4.66. The molecule has 4 atom stereocenters. The van der Waals surface area contributed by atoms with E-state index in [0.29, 0.717) is 16.3 Å². The van der Waals surface area contributed by atoms with Crippen molar-refractivity contribution in [2.75, 3.05) is 5.32 Å². The molecule has 0 saturated carbocycles. The molecule has 2 bridgehead atoms. The summed E-state index contributed by atoms with van der Waals surface area (Å²) in [5.74, 6) is -4.76. The lowest BCUT2D eigenvalue weighted by atomic mass is 9.76. The standard InChI is InChI=1S/C23H20ClN3O6/c1-23-11-10-16(33-23)17(22(31)32)18(23)21(30)27-26-20(29)13-4-8-15(9-5-13)25-19(28)12-2-6-14(24)7-3-12/h2-11,16-18H,1H3,(H,25,28)(H,26,29)(H,27,30)(H,31,32)/t16-,17+,18-,23+/m1/s1. The maximum absolute atomic E-state index is 12.7. The first kappa shape index (κ1) is 22.5. The first-order valence-corrected chi connectivity index (χ1v) is 10.4. The Morgan fingerprint density at radius 1 is 0.939 bits per heavy atom. The number of carboxylic acids is 1. The number of amides is 3. The van der Waals surface area contributed by atoms with E-state index in [4.69, 9.17) is 16.3 Å². The highest BCUT2D eigenvalue weighted by atomic mass is 35.5. The Kier molecular flexibility index (Phi) is 5.92. The van der Waals surface area contributed by atoms with Gasteiger partial charge in [0.25, 0.3) is 11.8 Å². The number of benzene rings is 2. The third-order valence-electron chi connectivity index (χ3n) is 5.72. The molecule has 3 amide bonds. The van der Waals surface area contributed by atoms with Crippen molar-refractivity contribution < 1.29 is 29.0 Å². The molecule has 2 aromatic carbocycles. The maximum Gasteiger partial charge on any atom is 0.310 e. The number of hydrazine groups is 1. The lowest BCUT2D eigenvalue weighted by molar-refractivity contribution is -0.147. The van der Waals surface area contributed by atoms with Crippen LogP contribution in [0.2, 0.25) is 5.02 Å². The molecule has 0 unspecified atom stereocenters. The van der Waals surface area contributed by atoms with Crippen molar-refractivity contribution in [3.63, 3.8) is 0 Å². The number of carboxylic acid groups (broad SMARTS) is 1. The number of hydrogen-bond acceptors (Lipinski definition) is 5. The van der Waals surface area contributed by atoms with Gasteiger partial charge in [-0.3, -0.25) is 30.0 Å². The van der Waals surface area contributed by atoms with Gasteiger partial charge in [0, 0.05) is 21.8 Å². The Morgan fingerprint density at radius 3 is 2.18 bits per heavy atom. The third-order valence-corrected chi connectivity index (χ3v) is 5.97. The van der Waals surface area contributed by atoms with E-state index in [9.17, 15) is 24.3 Å². The Morgan fingerprint density at radius 2 is 1.55 bits per heavy atom. The molecule has 170 valence electrons. The largest absolute Gasteiger partial charge is 0.481 e. The average molecular weight is 470 g/mol. The second-order valence-electron chi connectivity index (χ2n) is 7.95. The number of anilines is 1. The molecule has 4 N–H and O–H groups in total. The van der Waals surface area contributed by atoms with Crippen LogP contribution in [0.5, 0.6) is 0 Å². The van der Waals surface area contributed by atoms with Crippen LogP contribution < -0.4 is 16.2 Å². The molecule has 0 aromatic heterocycles. The fourth-order valence-electron chi connectivity index (χ4n) is 4.06. The van der Waals surface area contributed by atoms with Gasteiger partial charge in [-0.15, -0.1) is 0 Å². The van der Waals surface area contributed by atoms with Crippen molar-refractivity contribution in [2.24, 2.45) is 11.8 Å². The summed E-state index contributed by atoms with van der Waals surface area (Å²) >= 11 is 5.82. The molecule has 2 aliphatic rings. The van der Waals surface area contributed by atoms with Crippen LogP contribution in [0.3, 0.4) is 0 Å². The van der Waals surface area contributed by atoms with E-state index < -0.39 is 41.3 Å². The molecule has 33 heavy (non-hydrogen) atoms. The summed E-state index contributed by atoms with van der Waals surface area (Å²) in [6.07, 6.45) is 2.61. The van der Waals surface area contributed by atoms with Gasteiger partial charge in [0.15, 0.2) is 0 Å². The summed E-state index contributed by atoms with van der Waals surface area (Å²) in [6, 6.07) is 12.4. The average Bonchev–Trinajstić information content (AvgIpc) is 3.32. The van der Waals surface area contributed by atoms with Gasteiger partial charge in [-0.05, 0) is 55.5 Å². The summed E-state index contributed by atoms with van der Waals surface area (Å²) in [7, 11) is 0. The number of halogens is 1. The molecular weight excluding hydrogens is 450 g/mol. The lowest BCUT2D eigenvalue weighted by Crippen LogP contribution is -2.52. The predicted octanol–water partition coefficient (Wildman–Crippen LogP) is 2.40. The molecular formula is C23H20ClN3O6. The van der Waals surface area contributed by atoms with Crippen LogP contribution in [-0.2, 0) is 14.3 Å². The maximum atomic E-state index is 12.7. The fourth-order valence-corrected chi connectivity index (χ4v) is 4.18. The number of nitrogens with one attached hydrogen (secondary N) is 3. The van der Waals surface area contributed by atoms with Gasteiger partial charge in [0.05, 0.1) is 17.6 Å². The van der Waals surface area contributed by atoms with E-state index in [0.717, 1.165) is 0 Å². The topological polar surface area (TPSA) is 134 Å². The molecule has 0 aliphatic carbocycles. The first-order chi connectivity index (χ1) is 15.7. The number of aliphatic carboxylic acids is 1. The summed E-state index contributed by atoms with van der Waals surface area (Å²) < 4.78 is 5.63. The molecule has 2 heterocycles. The molecule has 10 heteroatoms. The number of rotatable bonds is 5. The van der Waals surface area contributed by atoms with E-state index >= 15 is 0 Å². The first-order valence-electron chi connectivity index (χ1n) is 10.0. The highest BCUT2D eigenvalue weighted by molar-refractivity contribution is 6.30. The lowest BCUT2D eigenvalue weighted by Gasteiger charge is -2.27. The second-order valence-corrected chi connectivity index (χ2v) is 8.39. The number of fused-ring (bicyclic) bond motifs is 2. The monoisotopic (exact) mass is 469 g/mol. The normalized spacial score (nSPS) is 24.8. The van der Waals surface area contributed by atoms with Crippen LogP contribution in [0.4, 0.5) is 5.69 Å². The van der Waals surface area contributed by atoms with E-state index in [1.54, 1.807) is 55.5 Å². The summed E-state index contributed by atoms with van der Waals surface area (Å²) in [5, 5.41) is 12.7. The van der Waals surface area contributed by atoms with Gasteiger partial charge in [0.2, 0.25) is 5.91 Å². The van der Waals surface area contributed by atoms with Crippen molar-refractivity contribution in [1.82, 2.24) is 10.9 Å². The van der Waals surface area contributed by atoms with Crippen LogP contribution in [-0.4, -0.2) is 40.5 Å². The van der Waals surface area contributed by atoms with Crippen molar-refractivity contribution in [1.29, 1.82) is 0 Å². The van der Waals surface area contributed by atoms with Gasteiger partial charge in [0.1, 0.15) is 5.92 Å². The predicted molar refractivity (Wildman–Crippen MR) is 118 cm³/mol. The molecule has 1 saturated heterocycles. The van der Waals surface area contributed by atoms with E-state index in [1.807, 2.05) is 0 Å². The van der Waals surface area contributed by atoms with E-state index in [2.05, 4.69) is 16.2 Å². The Labute approximate surface area is 193 Å². The molecule has 4 rings (SSSR count). The minimum absolute atomic E-state index is 0.227. The SMILES string of the molecule is C[C@@]12C=C[C@@H](O1)[C@H](C(=O)O)[C@@H]2C(=O)NNC(=O)c1ccc(NC(=O)c2ccc(Cl)cc2)cc1. The van der Waals surface area contributed by atoms with Crippen LogP contribution in [0, 0.1) is 11.8 Å². The quantitative estimate of drug-likeness (QED) is 0.392. The third kappa shape index (κ3) is 4.46. The Bertz CT molecular complexity index is 1150. The highest BCUT2D eigenvalue weighted by Crippen LogP contribution is 2.47. The van der Waals surface area contributed by atoms with Crippen LogP contribution >= 0.6 is 11.6 Å².